The van der Waals surface area contributed by atoms with Gasteiger partial charge < -0.3 is 5.32 Å². The average molecular weight is 393 g/mol. The highest BCUT2D eigenvalue weighted by atomic mass is 32.1. The Morgan fingerprint density at radius 2 is 2.14 bits per heavy atom. The third-order valence-corrected chi connectivity index (χ3v) is 5.69. The molecule has 144 valence electrons. The number of hydrogen-bond acceptors (Lipinski definition) is 3. The third kappa shape index (κ3) is 3.92. The van der Waals surface area contributed by atoms with Crippen molar-refractivity contribution in [2.45, 2.75) is 38.6 Å². The van der Waals surface area contributed by atoms with E-state index in [4.69, 9.17) is 12.2 Å². The molecule has 1 heterocycles. The molecular weight excluding hydrogens is 368 g/mol. The molecule has 0 aliphatic heterocycles. The number of carbonyl (C=O) groups is 1. The number of nitrogens with one attached hydrogen (secondary N) is 2. The molecule has 0 spiro atoms. The van der Waals surface area contributed by atoms with Gasteiger partial charge >= 0.3 is 0 Å². The number of amides is 1. The lowest BCUT2D eigenvalue weighted by Gasteiger charge is -2.25. The maximum atomic E-state index is 12.6. The fourth-order valence-corrected chi connectivity index (χ4v) is 4.17. The van der Waals surface area contributed by atoms with Crippen molar-refractivity contribution in [3.05, 3.63) is 70.0 Å². The van der Waals surface area contributed by atoms with Gasteiger partial charge in [0.25, 0.3) is 0 Å². The largest absolute Gasteiger partial charge is 0.354 e. The first-order valence-electron chi connectivity index (χ1n) is 9.68. The van der Waals surface area contributed by atoms with Crippen LogP contribution in [0.2, 0.25) is 0 Å². The second-order valence-electron chi connectivity index (χ2n) is 7.40. The molecule has 0 bridgehead atoms. The van der Waals surface area contributed by atoms with Crippen molar-refractivity contribution in [3.63, 3.8) is 0 Å². The summed E-state index contributed by atoms with van der Waals surface area (Å²) in [5, 5.41) is 10.2. The molecule has 1 atom stereocenters. The molecule has 1 aliphatic carbocycles. The summed E-state index contributed by atoms with van der Waals surface area (Å²) < 4.78 is 2.21. The van der Waals surface area contributed by atoms with E-state index in [2.05, 4.69) is 39.8 Å². The van der Waals surface area contributed by atoms with Gasteiger partial charge in [-0.2, -0.15) is 5.10 Å². The van der Waals surface area contributed by atoms with Crippen molar-refractivity contribution in [2.24, 2.45) is 0 Å². The zero-order valence-electron chi connectivity index (χ0n) is 15.9. The van der Waals surface area contributed by atoms with E-state index < -0.39 is 0 Å². The molecule has 3 aromatic rings. The Balaban J connectivity index is 1.46. The zero-order chi connectivity index (χ0) is 19.5. The molecule has 1 aliphatic rings. The van der Waals surface area contributed by atoms with E-state index >= 15 is 0 Å². The maximum Gasteiger partial charge on any atom is 0.240 e. The van der Waals surface area contributed by atoms with E-state index in [1.807, 2.05) is 31.2 Å². The third-order valence-electron chi connectivity index (χ3n) is 5.38. The lowest BCUT2D eigenvalue weighted by Crippen LogP contribution is -2.32. The molecule has 2 aromatic carbocycles. The summed E-state index contributed by atoms with van der Waals surface area (Å²) in [6, 6.07) is 16.6. The van der Waals surface area contributed by atoms with E-state index in [1.54, 1.807) is 4.57 Å². The lowest BCUT2D eigenvalue weighted by atomic mass is 9.83. The smallest absolute Gasteiger partial charge is 0.240 e. The number of aryl methyl sites for hydroxylation is 2. The van der Waals surface area contributed by atoms with Crippen LogP contribution in [0.15, 0.2) is 48.5 Å². The minimum atomic E-state index is -0.0468. The van der Waals surface area contributed by atoms with Crippen LogP contribution in [0.3, 0.4) is 0 Å². The number of hydrogen-bond donors (Lipinski definition) is 2. The molecule has 4 rings (SSSR count). The Labute approximate surface area is 169 Å². The van der Waals surface area contributed by atoms with Crippen molar-refractivity contribution in [3.8, 4) is 11.4 Å². The summed E-state index contributed by atoms with van der Waals surface area (Å²) in [6.45, 7) is 2.84. The highest BCUT2D eigenvalue weighted by Crippen LogP contribution is 2.30. The Hall–Kier alpha value is -2.73. The second-order valence-corrected chi connectivity index (χ2v) is 7.79. The van der Waals surface area contributed by atoms with Crippen molar-refractivity contribution < 1.29 is 4.79 Å². The van der Waals surface area contributed by atoms with Crippen LogP contribution in [-0.2, 0) is 17.8 Å². The quantitative estimate of drug-likeness (QED) is 0.641. The molecule has 0 fully saturated rings. The van der Waals surface area contributed by atoms with Crippen molar-refractivity contribution in [1.82, 2.24) is 20.1 Å². The van der Waals surface area contributed by atoms with Crippen LogP contribution in [-0.4, -0.2) is 27.2 Å². The molecule has 28 heavy (non-hydrogen) atoms. The van der Waals surface area contributed by atoms with E-state index in [-0.39, 0.29) is 12.5 Å². The Morgan fingerprint density at radius 3 is 3.00 bits per heavy atom. The van der Waals surface area contributed by atoms with Crippen LogP contribution >= 0.6 is 12.2 Å². The summed E-state index contributed by atoms with van der Waals surface area (Å²) in [5.41, 5.74) is 4.86. The van der Waals surface area contributed by atoms with Gasteiger partial charge in [-0.05, 0) is 55.6 Å². The van der Waals surface area contributed by atoms with Crippen LogP contribution < -0.4 is 5.32 Å². The minimum absolute atomic E-state index is 0.0468. The van der Waals surface area contributed by atoms with Crippen LogP contribution in [0.4, 0.5) is 0 Å². The molecule has 0 saturated carbocycles. The van der Waals surface area contributed by atoms with Crippen molar-refractivity contribution in [2.75, 3.05) is 6.54 Å². The highest BCUT2D eigenvalue weighted by molar-refractivity contribution is 7.71. The number of rotatable bonds is 5. The second kappa shape index (κ2) is 8.10. The van der Waals surface area contributed by atoms with E-state index in [0.717, 1.165) is 24.0 Å². The van der Waals surface area contributed by atoms with Gasteiger partial charge in [0.05, 0.1) is 0 Å². The number of nitrogens with zero attached hydrogens (tertiary/aromatic N) is 2. The number of H-pyrrole nitrogens is 1. The van der Waals surface area contributed by atoms with E-state index in [1.165, 1.54) is 17.5 Å². The summed E-state index contributed by atoms with van der Waals surface area (Å²) in [5.74, 6) is 1.02. The average Bonchev–Trinajstić information content (AvgIpc) is 3.06. The van der Waals surface area contributed by atoms with E-state index in [0.29, 0.717) is 23.1 Å². The van der Waals surface area contributed by atoms with Crippen molar-refractivity contribution >= 4 is 18.1 Å². The standard InChI is InChI=1S/C22H24N4OS/c1-15-6-4-9-17(12-15)21-24-25-22(28)26(21)14-20(27)23-13-18-10-5-8-16-7-2-3-11-19(16)18/h2-4,6-7,9,11-12,18H,5,8,10,13-14H2,1H3,(H,23,27)(H,25,28). The number of benzene rings is 2. The summed E-state index contributed by atoms with van der Waals surface area (Å²) in [6.07, 6.45) is 3.41. The van der Waals surface area contributed by atoms with Crippen molar-refractivity contribution in [1.29, 1.82) is 0 Å². The molecule has 1 aromatic heterocycles. The molecule has 1 amide bonds. The normalized spacial score (nSPS) is 15.8. The van der Waals surface area contributed by atoms with Crippen LogP contribution in [0.1, 0.15) is 35.4 Å². The Morgan fingerprint density at radius 1 is 1.29 bits per heavy atom. The lowest BCUT2D eigenvalue weighted by molar-refractivity contribution is -0.121. The predicted octanol–water partition coefficient (Wildman–Crippen LogP) is 4.15. The molecule has 5 nitrogen and oxygen atoms in total. The summed E-state index contributed by atoms with van der Waals surface area (Å²) in [4.78, 5) is 12.6. The highest BCUT2D eigenvalue weighted by Gasteiger charge is 2.20. The molecule has 0 radical (unpaired) electrons. The van der Waals surface area contributed by atoms with Gasteiger partial charge in [0, 0.05) is 18.0 Å². The van der Waals surface area contributed by atoms with Gasteiger partial charge in [-0.25, -0.2) is 0 Å². The number of aromatic nitrogens is 3. The summed E-state index contributed by atoms with van der Waals surface area (Å²) in [7, 11) is 0. The first-order valence-corrected chi connectivity index (χ1v) is 10.1. The van der Waals surface area contributed by atoms with Gasteiger partial charge in [-0.1, -0.05) is 48.0 Å². The monoisotopic (exact) mass is 392 g/mol. The van der Waals surface area contributed by atoms with E-state index in [9.17, 15) is 4.79 Å². The fraction of sp³-hybridized carbons (Fsp3) is 0.318. The SMILES string of the molecule is Cc1cccc(-c2n[nH]c(=S)n2CC(=O)NCC2CCCc3ccccc32)c1. The molecule has 2 N–H and O–H groups in total. The van der Waals surface area contributed by atoms with Gasteiger partial charge in [0.1, 0.15) is 6.54 Å². The molecule has 6 heteroatoms. The molecule has 0 saturated heterocycles. The number of aromatic amines is 1. The van der Waals surface area contributed by atoms with Gasteiger partial charge in [-0.15, -0.1) is 0 Å². The Bertz CT molecular complexity index is 1050. The topological polar surface area (TPSA) is 62.7 Å². The first kappa shape index (κ1) is 18.6. The van der Waals surface area contributed by atoms with Gasteiger partial charge in [0.2, 0.25) is 5.91 Å². The van der Waals surface area contributed by atoms with Crippen LogP contribution in [0.5, 0.6) is 0 Å². The fourth-order valence-electron chi connectivity index (χ4n) is 3.97. The number of carbonyl (C=O) groups excluding carboxylic acids is 1. The minimum Gasteiger partial charge on any atom is -0.354 e. The predicted molar refractivity (Wildman–Crippen MR) is 113 cm³/mol. The van der Waals surface area contributed by atoms with Crippen LogP contribution in [0, 0.1) is 11.7 Å². The molecular formula is C22H24N4OS. The van der Waals surface area contributed by atoms with Gasteiger partial charge in [0.15, 0.2) is 10.6 Å². The van der Waals surface area contributed by atoms with Gasteiger partial charge in [-0.3, -0.25) is 14.5 Å². The summed E-state index contributed by atoms with van der Waals surface area (Å²) >= 11 is 5.35. The zero-order valence-corrected chi connectivity index (χ0v) is 16.8. The first-order chi connectivity index (χ1) is 13.6. The Kier molecular flexibility index (Phi) is 5.39. The molecule has 1 unspecified atom stereocenters. The van der Waals surface area contributed by atoms with Crippen LogP contribution in [0.25, 0.3) is 11.4 Å². The maximum absolute atomic E-state index is 12.6. The number of fused-ring (bicyclic) bond motifs is 1.